The molecule has 96 valence electrons. The molecule has 0 spiro atoms. The third-order valence-electron chi connectivity index (χ3n) is 2.57. The maximum absolute atomic E-state index is 5.57. The van der Waals surface area contributed by atoms with E-state index in [4.69, 9.17) is 19.6 Å². The van der Waals surface area contributed by atoms with Gasteiger partial charge in [-0.15, -0.1) is 0 Å². The summed E-state index contributed by atoms with van der Waals surface area (Å²) < 4.78 is 16.2. The molecule has 1 aromatic carbocycles. The van der Waals surface area contributed by atoms with Gasteiger partial charge in [0.15, 0.2) is 0 Å². The van der Waals surface area contributed by atoms with Crippen LogP contribution in [0.25, 0.3) is 0 Å². The Bertz CT molecular complexity index is 493. The topological polar surface area (TPSA) is 57.6 Å². The third kappa shape index (κ3) is 3.35. The SMILES string of the molecule is COc1cccc(COCc2ccc(CN)o2)c1. The first-order chi connectivity index (χ1) is 8.81. The molecule has 0 saturated heterocycles. The van der Waals surface area contributed by atoms with Crippen molar-refractivity contribution in [3.63, 3.8) is 0 Å². The van der Waals surface area contributed by atoms with Gasteiger partial charge in [0, 0.05) is 0 Å². The van der Waals surface area contributed by atoms with Crippen LogP contribution in [0, 0.1) is 0 Å². The molecule has 1 aromatic heterocycles. The van der Waals surface area contributed by atoms with E-state index in [1.807, 2.05) is 36.4 Å². The first-order valence-electron chi connectivity index (χ1n) is 5.80. The molecule has 4 heteroatoms. The highest BCUT2D eigenvalue weighted by molar-refractivity contribution is 5.27. The van der Waals surface area contributed by atoms with Crippen molar-refractivity contribution in [3.8, 4) is 5.75 Å². The van der Waals surface area contributed by atoms with Crippen LogP contribution in [0.2, 0.25) is 0 Å². The Balaban J connectivity index is 1.84. The zero-order valence-corrected chi connectivity index (χ0v) is 10.4. The van der Waals surface area contributed by atoms with Crippen LogP contribution in [0.4, 0.5) is 0 Å². The van der Waals surface area contributed by atoms with E-state index in [-0.39, 0.29) is 0 Å². The molecule has 2 aromatic rings. The van der Waals surface area contributed by atoms with E-state index in [0.29, 0.717) is 19.8 Å². The number of benzene rings is 1. The van der Waals surface area contributed by atoms with Crippen molar-refractivity contribution in [1.29, 1.82) is 0 Å². The molecule has 0 fully saturated rings. The zero-order chi connectivity index (χ0) is 12.8. The largest absolute Gasteiger partial charge is 0.497 e. The maximum Gasteiger partial charge on any atom is 0.129 e. The van der Waals surface area contributed by atoms with E-state index < -0.39 is 0 Å². The van der Waals surface area contributed by atoms with Crippen LogP contribution in [0.3, 0.4) is 0 Å². The Labute approximate surface area is 106 Å². The fraction of sp³-hybridized carbons (Fsp3) is 0.286. The second kappa shape index (κ2) is 6.23. The van der Waals surface area contributed by atoms with Crippen molar-refractivity contribution in [2.45, 2.75) is 19.8 Å². The zero-order valence-electron chi connectivity index (χ0n) is 10.4. The number of furan rings is 1. The van der Waals surface area contributed by atoms with E-state index in [9.17, 15) is 0 Å². The lowest BCUT2D eigenvalue weighted by atomic mass is 10.2. The molecule has 0 saturated carbocycles. The van der Waals surface area contributed by atoms with E-state index >= 15 is 0 Å². The van der Waals surface area contributed by atoms with Crippen molar-refractivity contribution in [2.24, 2.45) is 5.73 Å². The van der Waals surface area contributed by atoms with Gasteiger partial charge in [0.1, 0.15) is 23.9 Å². The number of hydrogen-bond donors (Lipinski definition) is 1. The Morgan fingerprint density at radius 1 is 1.11 bits per heavy atom. The summed E-state index contributed by atoms with van der Waals surface area (Å²) in [5.74, 6) is 2.40. The second-order valence-corrected chi connectivity index (χ2v) is 3.92. The van der Waals surface area contributed by atoms with Gasteiger partial charge in [0.25, 0.3) is 0 Å². The van der Waals surface area contributed by atoms with Crippen LogP contribution in [0.15, 0.2) is 40.8 Å². The van der Waals surface area contributed by atoms with E-state index in [2.05, 4.69) is 0 Å². The first-order valence-corrected chi connectivity index (χ1v) is 5.80. The summed E-state index contributed by atoms with van der Waals surface area (Å²) in [5, 5.41) is 0. The summed E-state index contributed by atoms with van der Waals surface area (Å²) in [6.07, 6.45) is 0. The fourth-order valence-corrected chi connectivity index (χ4v) is 1.64. The third-order valence-corrected chi connectivity index (χ3v) is 2.57. The molecule has 0 aliphatic rings. The Morgan fingerprint density at radius 3 is 2.67 bits per heavy atom. The number of nitrogens with two attached hydrogens (primary N) is 1. The van der Waals surface area contributed by atoms with Crippen LogP contribution in [0.1, 0.15) is 17.1 Å². The summed E-state index contributed by atoms with van der Waals surface area (Å²) in [4.78, 5) is 0. The molecule has 0 amide bonds. The molecular formula is C14H17NO3. The minimum atomic E-state index is 0.413. The number of hydrogen-bond acceptors (Lipinski definition) is 4. The van der Waals surface area contributed by atoms with Gasteiger partial charge in [0.05, 0.1) is 20.3 Å². The lowest BCUT2D eigenvalue weighted by Gasteiger charge is -2.05. The Kier molecular flexibility index (Phi) is 4.39. The monoisotopic (exact) mass is 247 g/mol. The van der Waals surface area contributed by atoms with Gasteiger partial charge in [-0.25, -0.2) is 0 Å². The van der Waals surface area contributed by atoms with Crippen molar-refractivity contribution in [1.82, 2.24) is 0 Å². The van der Waals surface area contributed by atoms with Crippen LogP contribution in [-0.2, 0) is 24.5 Å². The number of ether oxygens (including phenoxy) is 2. The lowest BCUT2D eigenvalue weighted by molar-refractivity contribution is 0.0920. The van der Waals surface area contributed by atoms with Gasteiger partial charge in [0.2, 0.25) is 0 Å². The molecule has 0 atom stereocenters. The van der Waals surface area contributed by atoms with Gasteiger partial charge < -0.3 is 19.6 Å². The molecule has 2 rings (SSSR count). The average molecular weight is 247 g/mol. The minimum Gasteiger partial charge on any atom is -0.497 e. The standard InChI is InChI=1S/C14H17NO3/c1-16-12-4-2-3-11(7-12)9-17-10-14-6-5-13(8-15)18-14/h2-7H,8-10,15H2,1H3. The van der Waals surface area contributed by atoms with E-state index in [1.165, 1.54) is 0 Å². The number of methoxy groups -OCH3 is 1. The second-order valence-electron chi connectivity index (χ2n) is 3.92. The molecule has 2 N–H and O–H groups in total. The smallest absolute Gasteiger partial charge is 0.129 e. The fourth-order valence-electron chi connectivity index (χ4n) is 1.64. The van der Waals surface area contributed by atoms with Gasteiger partial charge >= 0.3 is 0 Å². The van der Waals surface area contributed by atoms with Crippen molar-refractivity contribution >= 4 is 0 Å². The van der Waals surface area contributed by atoms with Gasteiger partial charge in [-0.2, -0.15) is 0 Å². The highest BCUT2D eigenvalue weighted by Gasteiger charge is 2.01. The van der Waals surface area contributed by atoms with Crippen molar-refractivity contribution in [3.05, 3.63) is 53.5 Å². The summed E-state index contributed by atoms with van der Waals surface area (Å²) in [6, 6.07) is 11.5. The predicted molar refractivity (Wildman–Crippen MR) is 68.1 cm³/mol. The normalized spacial score (nSPS) is 10.6. The first kappa shape index (κ1) is 12.7. The predicted octanol–water partition coefficient (Wildman–Crippen LogP) is 2.46. The van der Waals surface area contributed by atoms with Gasteiger partial charge in [-0.05, 0) is 29.8 Å². The molecule has 1 heterocycles. The van der Waals surface area contributed by atoms with E-state index in [0.717, 1.165) is 22.8 Å². The highest BCUT2D eigenvalue weighted by atomic mass is 16.5. The molecule has 0 radical (unpaired) electrons. The van der Waals surface area contributed by atoms with Crippen LogP contribution in [0.5, 0.6) is 5.75 Å². The molecular weight excluding hydrogens is 230 g/mol. The summed E-state index contributed by atoms with van der Waals surface area (Å²) in [7, 11) is 1.65. The average Bonchev–Trinajstić information content (AvgIpc) is 2.87. The summed E-state index contributed by atoms with van der Waals surface area (Å²) in [5.41, 5.74) is 6.54. The van der Waals surface area contributed by atoms with Gasteiger partial charge in [-0.1, -0.05) is 12.1 Å². The minimum absolute atomic E-state index is 0.413. The molecule has 18 heavy (non-hydrogen) atoms. The summed E-state index contributed by atoms with van der Waals surface area (Å²) in [6.45, 7) is 1.38. The maximum atomic E-state index is 5.57. The quantitative estimate of drug-likeness (QED) is 0.852. The van der Waals surface area contributed by atoms with E-state index in [1.54, 1.807) is 7.11 Å². The molecule has 0 aliphatic carbocycles. The molecule has 0 aliphatic heterocycles. The van der Waals surface area contributed by atoms with Crippen molar-refractivity contribution < 1.29 is 13.9 Å². The highest BCUT2D eigenvalue weighted by Crippen LogP contribution is 2.14. The van der Waals surface area contributed by atoms with Crippen LogP contribution < -0.4 is 10.5 Å². The van der Waals surface area contributed by atoms with Gasteiger partial charge in [-0.3, -0.25) is 0 Å². The van der Waals surface area contributed by atoms with Crippen molar-refractivity contribution in [2.75, 3.05) is 7.11 Å². The van der Waals surface area contributed by atoms with Crippen LogP contribution >= 0.6 is 0 Å². The molecule has 4 nitrogen and oxygen atoms in total. The Morgan fingerprint density at radius 2 is 1.94 bits per heavy atom. The summed E-state index contributed by atoms with van der Waals surface area (Å²) >= 11 is 0. The molecule has 0 bridgehead atoms. The Hall–Kier alpha value is -1.78. The number of rotatable bonds is 6. The lowest BCUT2D eigenvalue weighted by Crippen LogP contribution is -1.95. The van der Waals surface area contributed by atoms with Crippen LogP contribution in [-0.4, -0.2) is 7.11 Å². The molecule has 0 unspecified atom stereocenters.